The molecule has 1 amide bonds. The Morgan fingerprint density at radius 3 is 2.27 bits per heavy atom. The first kappa shape index (κ1) is 35.7. The van der Waals surface area contributed by atoms with Crippen LogP contribution in [0.2, 0.25) is 6.32 Å². The number of benzene rings is 3. The van der Waals surface area contributed by atoms with Gasteiger partial charge in [-0.1, -0.05) is 30.3 Å². The molecule has 1 atom stereocenters. The molecule has 3 fully saturated rings. The fourth-order valence-corrected chi connectivity index (χ4v) is 7.69. The van der Waals surface area contributed by atoms with Crippen molar-refractivity contribution in [3.63, 3.8) is 0 Å². The summed E-state index contributed by atoms with van der Waals surface area (Å²) < 4.78 is 68.3. The molecule has 4 aromatic rings. The normalized spacial score (nSPS) is 19.0. The van der Waals surface area contributed by atoms with Crippen LogP contribution in [-0.2, 0) is 30.7 Å². The minimum Gasteiger partial charge on any atom is -0.455 e. The predicted molar refractivity (Wildman–Crippen MR) is 197 cm³/mol. The van der Waals surface area contributed by atoms with Gasteiger partial charge in [0.2, 0.25) is 10.0 Å². The third kappa shape index (κ3) is 7.89. The Hall–Kier alpha value is -3.71. The summed E-state index contributed by atoms with van der Waals surface area (Å²) in [5.74, 6) is -0.507. The van der Waals surface area contributed by atoms with E-state index in [4.69, 9.17) is 18.5 Å². The number of anilines is 1. The number of fused-ring (bicyclic) bond motifs is 1. The maximum atomic E-state index is 13.9. The average molecular weight is 717 g/mol. The van der Waals surface area contributed by atoms with Gasteiger partial charge in [-0.25, -0.2) is 12.8 Å². The molecule has 1 aliphatic heterocycles. The minimum absolute atomic E-state index is 0.108. The van der Waals surface area contributed by atoms with Crippen LogP contribution in [0.4, 0.5) is 10.1 Å². The van der Waals surface area contributed by atoms with Gasteiger partial charge >= 0.3 is 7.12 Å². The molecule has 1 unspecified atom stereocenters. The Kier molecular flexibility index (Phi) is 9.58. The van der Waals surface area contributed by atoms with Crippen molar-refractivity contribution in [3.8, 4) is 11.3 Å². The van der Waals surface area contributed by atoms with Crippen molar-refractivity contribution in [2.24, 2.45) is 5.92 Å². The smallest absolute Gasteiger partial charge is 0.455 e. The summed E-state index contributed by atoms with van der Waals surface area (Å²) >= 11 is 0. The van der Waals surface area contributed by atoms with E-state index in [2.05, 4.69) is 5.32 Å². The van der Waals surface area contributed by atoms with Crippen molar-refractivity contribution in [3.05, 3.63) is 89.2 Å². The number of halogens is 1. The summed E-state index contributed by atoms with van der Waals surface area (Å²) in [4.78, 5) is 13.7. The number of amides is 1. The van der Waals surface area contributed by atoms with Crippen LogP contribution in [0.25, 0.3) is 22.3 Å². The van der Waals surface area contributed by atoms with Gasteiger partial charge in [0.05, 0.1) is 41.9 Å². The lowest BCUT2D eigenvalue weighted by Gasteiger charge is -2.32. The van der Waals surface area contributed by atoms with E-state index in [1.807, 2.05) is 64.1 Å². The van der Waals surface area contributed by atoms with Crippen molar-refractivity contribution in [1.29, 1.82) is 0 Å². The van der Waals surface area contributed by atoms with Gasteiger partial charge in [0.25, 0.3) is 5.91 Å². The first-order chi connectivity index (χ1) is 24.2. The molecule has 0 spiro atoms. The van der Waals surface area contributed by atoms with Crippen LogP contribution in [0.15, 0.2) is 71.1 Å². The number of sulfonamides is 1. The third-order valence-electron chi connectivity index (χ3n) is 10.5. The fraction of sp³-hybridized carbons (Fsp3) is 0.462. The molecule has 9 nitrogen and oxygen atoms in total. The summed E-state index contributed by atoms with van der Waals surface area (Å²) in [7, 11) is -4.37. The standard InChI is InChI=1S/C39H46BFN2O7S/c1-38(2)39(3,4)50-40(49-38)21-26(24-47-23-25-9-7-6-8-10-25)22-43(51(5,45)46)33-20-34-32(19-31(33)27-11-12-27)35(37(44)42-30-17-18-30)36(48-34)28-13-15-29(41)16-14-28/h6-10,13-16,19-20,26-27,30H,11-12,17-18,21-24H2,1-5H3,(H,42,44). The Balaban J connectivity index is 1.27. The van der Waals surface area contributed by atoms with E-state index in [0.717, 1.165) is 36.8 Å². The molecule has 2 heterocycles. The monoisotopic (exact) mass is 716 g/mol. The minimum atomic E-state index is -3.82. The number of hydrogen-bond donors (Lipinski definition) is 1. The van der Waals surface area contributed by atoms with E-state index >= 15 is 0 Å². The summed E-state index contributed by atoms with van der Waals surface area (Å²) in [6.07, 6.45) is 5.26. The van der Waals surface area contributed by atoms with Gasteiger partial charge in [-0.05, 0) is 113 Å². The molecular formula is C39H46BFN2O7S. The topological polar surface area (TPSA) is 107 Å². The second-order valence-electron chi connectivity index (χ2n) is 15.3. The molecule has 0 radical (unpaired) electrons. The quantitative estimate of drug-likeness (QED) is 0.133. The molecule has 2 saturated carbocycles. The molecular weight excluding hydrogens is 670 g/mol. The lowest BCUT2D eigenvalue weighted by molar-refractivity contribution is 0.00578. The highest BCUT2D eigenvalue weighted by atomic mass is 32.2. The van der Waals surface area contributed by atoms with Crippen LogP contribution in [0.1, 0.15) is 80.8 Å². The van der Waals surface area contributed by atoms with E-state index in [1.54, 1.807) is 18.2 Å². The van der Waals surface area contributed by atoms with Gasteiger partial charge < -0.3 is 23.8 Å². The van der Waals surface area contributed by atoms with Gasteiger partial charge in [0, 0.05) is 29.6 Å². The Morgan fingerprint density at radius 1 is 1.00 bits per heavy atom. The number of furan rings is 1. The van der Waals surface area contributed by atoms with E-state index in [0.29, 0.717) is 46.5 Å². The number of carbonyl (C=O) groups is 1. The van der Waals surface area contributed by atoms with Gasteiger partial charge in [-0.3, -0.25) is 9.10 Å². The van der Waals surface area contributed by atoms with Crippen molar-refractivity contribution in [2.75, 3.05) is 23.7 Å². The molecule has 3 aromatic carbocycles. The second kappa shape index (κ2) is 13.7. The molecule has 270 valence electrons. The van der Waals surface area contributed by atoms with E-state index < -0.39 is 34.2 Å². The molecule has 1 aromatic heterocycles. The molecule has 51 heavy (non-hydrogen) atoms. The number of nitrogens with zero attached hydrogens (tertiary/aromatic N) is 1. The van der Waals surface area contributed by atoms with E-state index in [9.17, 15) is 17.6 Å². The number of ether oxygens (including phenoxy) is 1. The first-order valence-corrected chi connectivity index (χ1v) is 19.7. The Bertz CT molecular complexity index is 1990. The number of hydrogen-bond acceptors (Lipinski definition) is 7. The molecule has 7 rings (SSSR count). The van der Waals surface area contributed by atoms with E-state index in [-0.39, 0.29) is 36.9 Å². The Labute approximate surface area is 300 Å². The summed E-state index contributed by atoms with van der Waals surface area (Å²) in [5, 5.41) is 3.69. The highest BCUT2D eigenvalue weighted by Crippen LogP contribution is 2.48. The molecule has 12 heteroatoms. The molecule has 1 saturated heterocycles. The van der Waals surface area contributed by atoms with Gasteiger partial charge in [0.1, 0.15) is 17.2 Å². The fourth-order valence-electron chi connectivity index (χ4n) is 6.69. The maximum Gasteiger partial charge on any atom is 0.458 e. The van der Waals surface area contributed by atoms with Crippen molar-refractivity contribution >= 4 is 39.7 Å². The molecule has 0 bridgehead atoms. The van der Waals surface area contributed by atoms with Crippen molar-refractivity contribution in [2.45, 2.75) is 89.5 Å². The lowest BCUT2D eigenvalue weighted by Crippen LogP contribution is -2.41. The van der Waals surface area contributed by atoms with Crippen LogP contribution in [0, 0.1) is 11.7 Å². The van der Waals surface area contributed by atoms with Crippen LogP contribution in [0.3, 0.4) is 0 Å². The number of nitrogens with one attached hydrogen (secondary N) is 1. The SMILES string of the molecule is CC1(C)OB(CC(COCc2ccccc2)CN(c2cc3oc(-c4ccc(F)cc4)c(C(=O)NC4CC4)c3cc2C2CC2)S(C)(=O)=O)OC1(C)C. The largest absolute Gasteiger partial charge is 0.458 e. The zero-order valence-corrected chi connectivity index (χ0v) is 30.7. The van der Waals surface area contributed by atoms with E-state index in [1.165, 1.54) is 22.7 Å². The summed E-state index contributed by atoms with van der Waals surface area (Å²) in [6, 6.07) is 19.5. The van der Waals surface area contributed by atoms with Crippen molar-refractivity contribution < 1.29 is 36.1 Å². The van der Waals surface area contributed by atoms with Crippen LogP contribution < -0.4 is 9.62 Å². The van der Waals surface area contributed by atoms with Gasteiger partial charge in [-0.2, -0.15) is 0 Å². The number of rotatable bonds is 14. The maximum absolute atomic E-state index is 13.9. The summed E-state index contributed by atoms with van der Waals surface area (Å²) in [6.45, 7) is 8.75. The van der Waals surface area contributed by atoms with Gasteiger partial charge in [0.15, 0.2) is 0 Å². The Morgan fingerprint density at radius 2 is 1.67 bits per heavy atom. The zero-order valence-electron chi connectivity index (χ0n) is 29.9. The second-order valence-corrected chi connectivity index (χ2v) is 17.2. The van der Waals surface area contributed by atoms with Crippen LogP contribution in [-0.4, -0.2) is 58.1 Å². The van der Waals surface area contributed by atoms with Crippen LogP contribution in [0.5, 0.6) is 0 Å². The van der Waals surface area contributed by atoms with Gasteiger partial charge in [-0.15, -0.1) is 0 Å². The lowest BCUT2D eigenvalue weighted by atomic mass is 9.77. The third-order valence-corrected chi connectivity index (χ3v) is 11.6. The first-order valence-electron chi connectivity index (χ1n) is 17.8. The highest BCUT2D eigenvalue weighted by Gasteiger charge is 2.51. The number of carbonyl (C=O) groups excluding carboxylic acids is 1. The molecule has 1 N–H and O–H groups in total. The van der Waals surface area contributed by atoms with Crippen molar-refractivity contribution in [1.82, 2.24) is 5.32 Å². The zero-order chi connectivity index (χ0) is 36.1. The molecule has 2 aliphatic carbocycles. The van der Waals surface area contributed by atoms with Crippen LogP contribution >= 0.6 is 0 Å². The summed E-state index contributed by atoms with van der Waals surface area (Å²) in [5.41, 5.74) is 2.60. The predicted octanol–water partition coefficient (Wildman–Crippen LogP) is 7.70. The average Bonchev–Trinajstić information content (AvgIpc) is 4.00. The highest BCUT2D eigenvalue weighted by molar-refractivity contribution is 7.92. The molecule has 3 aliphatic rings.